The molecule has 3 rings (SSSR count). The van der Waals surface area contributed by atoms with Crippen molar-refractivity contribution in [3.05, 3.63) is 5.01 Å². The molecule has 0 unspecified atom stereocenters. The SMILES string of the molecule is C[C@H]1CCCCN1C[C@@H]1CCCN(c2nnc(C(F)F)s2)C1. The first-order chi connectivity index (χ1) is 10.6. The third-order valence-electron chi connectivity index (χ3n) is 4.84. The quantitative estimate of drug-likeness (QED) is 0.845. The van der Waals surface area contributed by atoms with Gasteiger partial charge in [-0.3, -0.25) is 0 Å². The first-order valence-corrected chi connectivity index (χ1v) is 9.05. The zero-order valence-electron chi connectivity index (χ0n) is 13.0. The largest absolute Gasteiger partial charge is 0.346 e. The van der Waals surface area contributed by atoms with E-state index in [-0.39, 0.29) is 5.01 Å². The van der Waals surface area contributed by atoms with Gasteiger partial charge in [0.05, 0.1) is 0 Å². The van der Waals surface area contributed by atoms with Crippen molar-refractivity contribution in [2.45, 2.75) is 51.5 Å². The number of likely N-dealkylation sites (tertiary alicyclic amines) is 1. The van der Waals surface area contributed by atoms with Crippen molar-refractivity contribution in [2.24, 2.45) is 5.92 Å². The lowest BCUT2D eigenvalue weighted by Crippen LogP contribution is -2.45. The van der Waals surface area contributed by atoms with Crippen LogP contribution in [0.3, 0.4) is 0 Å². The Morgan fingerprint density at radius 3 is 2.77 bits per heavy atom. The van der Waals surface area contributed by atoms with Gasteiger partial charge in [-0.25, -0.2) is 8.78 Å². The van der Waals surface area contributed by atoms with Gasteiger partial charge in [0.2, 0.25) is 5.13 Å². The molecule has 0 aromatic carbocycles. The van der Waals surface area contributed by atoms with E-state index in [0.717, 1.165) is 37.4 Å². The Hall–Kier alpha value is -0.820. The molecule has 1 aromatic rings. The first-order valence-electron chi connectivity index (χ1n) is 8.24. The van der Waals surface area contributed by atoms with E-state index in [1.165, 1.54) is 32.2 Å². The van der Waals surface area contributed by atoms with Crippen LogP contribution in [0, 0.1) is 5.92 Å². The molecule has 0 bridgehead atoms. The lowest BCUT2D eigenvalue weighted by molar-refractivity contribution is 0.130. The molecule has 4 nitrogen and oxygen atoms in total. The summed E-state index contributed by atoms with van der Waals surface area (Å²) in [5.74, 6) is 0.605. The Balaban J connectivity index is 1.58. The highest BCUT2D eigenvalue weighted by molar-refractivity contribution is 7.15. The minimum Gasteiger partial charge on any atom is -0.346 e. The molecule has 7 heteroatoms. The van der Waals surface area contributed by atoms with Crippen LogP contribution in [0.1, 0.15) is 50.5 Å². The monoisotopic (exact) mass is 330 g/mol. The number of halogens is 2. The van der Waals surface area contributed by atoms with E-state index in [2.05, 4.69) is 26.9 Å². The van der Waals surface area contributed by atoms with Crippen LogP contribution < -0.4 is 4.90 Å². The second kappa shape index (κ2) is 7.17. The molecular formula is C15H24F2N4S. The van der Waals surface area contributed by atoms with Crippen LogP contribution >= 0.6 is 11.3 Å². The maximum Gasteiger partial charge on any atom is 0.291 e. The van der Waals surface area contributed by atoms with E-state index in [0.29, 0.717) is 17.1 Å². The molecular weight excluding hydrogens is 306 g/mol. The topological polar surface area (TPSA) is 32.3 Å². The highest BCUT2D eigenvalue weighted by Crippen LogP contribution is 2.31. The van der Waals surface area contributed by atoms with Crippen LogP contribution in [0.4, 0.5) is 13.9 Å². The van der Waals surface area contributed by atoms with Gasteiger partial charge in [0.15, 0.2) is 5.01 Å². The molecule has 0 saturated carbocycles. The fourth-order valence-corrected chi connectivity index (χ4v) is 4.33. The summed E-state index contributed by atoms with van der Waals surface area (Å²) in [7, 11) is 0. The molecule has 0 amide bonds. The van der Waals surface area contributed by atoms with Crippen LogP contribution in [-0.2, 0) is 0 Å². The zero-order chi connectivity index (χ0) is 15.5. The van der Waals surface area contributed by atoms with E-state index in [1.54, 1.807) is 0 Å². The summed E-state index contributed by atoms with van der Waals surface area (Å²) in [6.45, 7) is 6.47. The second-order valence-electron chi connectivity index (χ2n) is 6.52. The number of nitrogens with zero attached hydrogens (tertiary/aromatic N) is 4. The molecule has 0 spiro atoms. The van der Waals surface area contributed by atoms with Crippen LogP contribution in [0.5, 0.6) is 0 Å². The molecule has 2 aliphatic rings. The van der Waals surface area contributed by atoms with Gasteiger partial charge < -0.3 is 9.80 Å². The third-order valence-corrected chi connectivity index (χ3v) is 5.83. The van der Waals surface area contributed by atoms with Crippen LogP contribution in [0.2, 0.25) is 0 Å². The Bertz CT molecular complexity index is 482. The van der Waals surface area contributed by atoms with Gasteiger partial charge >= 0.3 is 0 Å². The van der Waals surface area contributed by atoms with Crippen molar-refractivity contribution in [1.29, 1.82) is 0 Å². The minimum absolute atomic E-state index is 0.165. The molecule has 2 saturated heterocycles. The third kappa shape index (κ3) is 3.74. The number of piperidine rings is 2. The minimum atomic E-state index is -2.51. The molecule has 0 N–H and O–H groups in total. The Labute approximate surface area is 134 Å². The summed E-state index contributed by atoms with van der Waals surface area (Å²) in [5.41, 5.74) is 0. The summed E-state index contributed by atoms with van der Waals surface area (Å²) in [6, 6.07) is 0.677. The Morgan fingerprint density at radius 2 is 2.05 bits per heavy atom. The number of anilines is 1. The van der Waals surface area contributed by atoms with Crippen molar-refractivity contribution >= 4 is 16.5 Å². The molecule has 22 heavy (non-hydrogen) atoms. The molecule has 2 atom stereocenters. The summed E-state index contributed by atoms with van der Waals surface area (Å²) >= 11 is 1.04. The molecule has 124 valence electrons. The summed E-state index contributed by atoms with van der Waals surface area (Å²) in [4.78, 5) is 4.74. The maximum absolute atomic E-state index is 12.7. The predicted octanol–water partition coefficient (Wildman–Crippen LogP) is 3.57. The van der Waals surface area contributed by atoms with Gasteiger partial charge in [-0.15, -0.1) is 10.2 Å². The van der Waals surface area contributed by atoms with E-state index in [9.17, 15) is 8.78 Å². The Kier molecular flexibility index (Phi) is 5.23. The van der Waals surface area contributed by atoms with E-state index < -0.39 is 6.43 Å². The first kappa shape index (κ1) is 16.1. The van der Waals surface area contributed by atoms with E-state index in [1.807, 2.05) is 0 Å². The lowest BCUT2D eigenvalue weighted by atomic mass is 9.95. The average Bonchev–Trinajstić information content (AvgIpc) is 3.00. The molecule has 0 aliphatic carbocycles. The van der Waals surface area contributed by atoms with Crippen molar-refractivity contribution in [1.82, 2.24) is 15.1 Å². The summed E-state index contributed by atoms with van der Waals surface area (Å²) < 4.78 is 25.3. The van der Waals surface area contributed by atoms with Gasteiger partial charge in [0.25, 0.3) is 6.43 Å². The summed E-state index contributed by atoms with van der Waals surface area (Å²) in [5, 5.41) is 8.06. The highest BCUT2D eigenvalue weighted by atomic mass is 32.1. The number of alkyl halides is 2. The molecule has 3 heterocycles. The zero-order valence-corrected chi connectivity index (χ0v) is 13.9. The second-order valence-corrected chi connectivity index (χ2v) is 7.51. The highest BCUT2D eigenvalue weighted by Gasteiger charge is 2.27. The van der Waals surface area contributed by atoms with Crippen LogP contribution in [0.25, 0.3) is 0 Å². The van der Waals surface area contributed by atoms with Crippen molar-refractivity contribution in [3.63, 3.8) is 0 Å². The van der Waals surface area contributed by atoms with Crippen LogP contribution in [0.15, 0.2) is 0 Å². The summed E-state index contributed by atoms with van der Waals surface area (Å²) in [6.07, 6.45) is 3.76. The molecule has 1 aromatic heterocycles. The fourth-order valence-electron chi connectivity index (χ4n) is 3.59. The number of rotatable bonds is 4. The number of hydrogen-bond acceptors (Lipinski definition) is 5. The lowest BCUT2D eigenvalue weighted by Gasteiger charge is -2.39. The van der Waals surface area contributed by atoms with Crippen LogP contribution in [-0.4, -0.2) is 47.3 Å². The Morgan fingerprint density at radius 1 is 1.18 bits per heavy atom. The average molecular weight is 330 g/mol. The van der Waals surface area contributed by atoms with Gasteiger partial charge in [-0.2, -0.15) is 0 Å². The van der Waals surface area contributed by atoms with E-state index in [4.69, 9.17) is 0 Å². The van der Waals surface area contributed by atoms with Gasteiger partial charge in [0.1, 0.15) is 0 Å². The van der Waals surface area contributed by atoms with E-state index >= 15 is 0 Å². The van der Waals surface area contributed by atoms with Gasteiger partial charge in [-0.1, -0.05) is 17.8 Å². The number of hydrogen-bond donors (Lipinski definition) is 0. The number of aromatic nitrogens is 2. The maximum atomic E-state index is 12.7. The van der Waals surface area contributed by atoms with Gasteiger partial charge in [-0.05, 0) is 45.1 Å². The fraction of sp³-hybridized carbons (Fsp3) is 0.867. The van der Waals surface area contributed by atoms with Crippen molar-refractivity contribution in [3.8, 4) is 0 Å². The molecule has 0 radical (unpaired) electrons. The smallest absolute Gasteiger partial charge is 0.291 e. The van der Waals surface area contributed by atoms with Crippen molar-refractivity contribution in [2.75, 3.05) is 31.1 Å². The van der Waals surface area contributed by atoms with Crippen molar-refractivity contribution < 1.29 is 8.78 Å². The van der Waals surface area contributed by atoms with Gasteiger partial charge in [0, 0.05) is 25.7 Å². The molecule has 2 aliphatic heterocycles. The normalized spacial score (nSPS) is 27.5. The predicted molar refractivity (Wildman–Crippen MR) is 84.7 cm³/mol. The standard InChI is InChI=1S/C15H24F2N4S/c1-11-5-2-3-7-20(11)9-12-6-4-8-21(10-12)15-19-18-14(22-15)13(16)17/h11-13H,2-10H2,1H3/t11-,12-/m0/s1. The molecule has 2 fully saturated rings.